The molecule has 1 N–H and O–H groups in total. The first-order valence-corrected chi connectivity index (χ1v) is 4.64. The lowest BCUT2D eigenvalue weighted by Gasteiger charge is -2.16. The normalized spacial score (nSPS) is 11.1. The van der Waals surface area contributed by atoms with Crippen molar-refractivity contribution in [2.45, 2.75) is 27.7 Å². The summed E-state index contributed by atoms with van der Waals surface area (Å²) < 4.78 is 0. The lowest BCUT2D eigenvalue weighted by Crippen LogP contribution is -2.27. The molecule has 0 aliphatic rings. The summed E-state index contributed by atoms with van der Waals surface area (Å²) in [4.78, 5) is 15.7. The maximum Gasteiger partial charge on any atom is 0.230 e. The summed E-state index contributed by atoms with van der Waals surface area (Å²) in [6, 6.07) is 3.73. The molecule has 76 valence electrons. The molecule has 0 aromatic carbocycles. The molecular weight excluding hydrogens is 176 g/mol. The smallest absolute Gasteiger partial charge is 0.230 e. The molecule has 0 aliphatic heterocycles. The van der Waals surface area contributed by atoms with Gasteiger partial charge in [0.2, 0.25) is 5.91 Å². The van der Waals surface area contributed by atoms with E-state index < -0.39 is 0 Å². The third-order valence-corrected chi connectivity index (χ3v) is 1.83. The first-order chi connectivity index (χ1) is 6.39. The van der Waals surface area contributed by atoms with E-state index in [9.17, 15) is 4.79 Å². The molecule has 0 aliphatic carbocycles. The van der Waals surface area contributed by atoms with Gasteiger partial charge >= 0.3 is 0 Å². The van der Waals surface area contributed by atoms with Crippen LogP contribution in [0, 0.1) is 12.3 Å². The highest BCUT2D eigenvalue weighted by Gasteiger charge is 2.21. The van der Waals surface area contributed by atoms with Gasteiger partial charge in [-0.1, -0.05) is 26.8 Å². The van der Waals surface area contributed by atoms with Crippen LogP contribution in [0.15, 0.2) is 18.3 Å². The van der Waals surface area contributed by atoms with Crippen molar-refractivity contribution in [2.24, 2.45) is 5.41 Å². The predicted molar refractivity (Wildman–Crippen MR) is 57.1 cm³/mol. The summed E-state index contributed by atoms with van der Waals surface area (Å²) in [6.07, 6.45) is 1.73. The summed E-state index contributed by atoms with van der Waals surface area (Å²) >= 11 is 0. The third-order valence-electron chi connectivity index (χ3n) is 1.83. The molecule has 0 bridgehead atoms. The molecule has 14 heavy (non-hydrogen) atoms. The first-order valence-electron chi connectivity index (χ1n) is 4.64. The monoisotopic (exact) mass is 192 g/mol. The lowest BCUT2D eigenvalue weighted by molar-refractivity contribution is -0.123. The Bertz CT molecular complexity index is 322. The van der Waals surface area contributed by atoms with Gasteiger partial charge in [-0.25, -0.2) is 4.98 Å². The molecule has 1 aromatic rings. The minimum Gasteiger partial charge on any atom is -0.310 e. The van der Waals surface area contributed by atoms with Gasteiger partial charge in [-0.3, -0.25) is 4.79 Å². The van der Waals surface area contributed by atoms with E-state index in [1.165, 1.54) is 0 Å². The van der Waals surface area contributed by atoms with E-state index in [0.29, 0.717) is 5.82 Å². The Labute approximate surface area is 84.6 Å². The van der Waals surface area contributed by atoms with Crippen LogP contribution in [0.5, 0.6) is 0 Å². The topological polar surface area (TPSA) is 42.0 Å². The Morgan fingerprint density at radius 3 is 2.43 bits per heavy atom. The number of aryl methyl sites for hydroxylation is 1. The van der Waals surface area contributed by atoms with Gasteiger partial charge in [0.15, 0.2) is 0 Å². The molecule has 3 nitrogen and oxygen atoms in total. The molecule has 1 amide bonds. The number of aromatic nitrogens is 1. The van der Waals surface area contributed by atoms with Crippen LogP contribution < -0.4 is 5.32 Å². The molecular formula is C11H16N2O. The number of nitrogens with zero attached hydrogens (tertiary/aromatic N) is 1. The van der Waals surface area contributed by atoms with Crippen molar-refractivity contribution in [3.05, 3.63) is 23.9 Å². The second kappa shape index (κ2) is 3.78. The molecule has 1 heterocycles. The first kappa shape index (κ1) is 10.7. The number of amides is 1. The summed E-state index contributed by atoms with van der Waals surface area (Å²) in [5, 5.41) is 2.76. The fourth-order valence-electron chi connectivity index (χ4n) is 0.846. The van der Waals surface area contributed by atoms with Gasteiger partial charge in [-0.15, -0.1) is 0 Å². The van der Waals surface area contributed by atoms with Gasteiger partial charge in [0.1, 0.15) is 5.82 Å². The van der Waals surface area contributed by atoms with Gasteiger partial charge < -0.3 is 5.32 Å². The van der Waals surface area contributed by atoms with Crippen molar-refractivity contribution < 1.29 is 4.79 Å². The predicted octanol–water partition coefficient (Wildman–Crippen LogP) is 2.37. The van der Waals surface area contributed by atoms with Crippen LogP contribution in [0.4, 0.5) is 5.82 Å². The highest BCUT2D eigenvalue weighted by Crippen LogP contribution is 2.15. The maximum atomic E-state index is 11.6. The van der Waals surface area contributed by atoms with Crippen molar-refractivity contribution in [1.82, 2.24) is 4.98 Å². The fraction of sp³-hybridized carbons (Fsp3) is 0.455. The van der Waals surface area contributed by atoms with Crippen molar-refractivity contribution in [1.29, 1.82) is 0 Å². The SMILES string of the molecule is Cc1ccc(NC(=O)C(C)(C)C)nc1. The highest BCUT2D eigenvalue weighted by molar-refractivity contribution is 5.93. The van der Waals surface area contributed by atoms with Gasteiger partial charge in [0, 0.05) is 11.6 Å². The zero-order valence-corrected chi connectivity index (χ0v) is 9.09. The van der Waals surface area contributed by atoms with Crippen LogP contribution in [-0.4, -0.2) is 10.9 Å². The largest absolute Gasteiger partial charge is 0.310 e. The number of anilines is 1. The van der Waals surface area contributed by atoms with E-state index >= 15 is 0 Å². The molecule has 1 aromatic heterocycles. The number of rotatable bonds is 1. The maximum absolute atomic E-state index is 11.6. The second-order valence-electron chi connectivity index (χ2n) is 4.42. The van der Waals surface area contributed by atoms with Crippen LogP contribution in [0.3, 0.4) is 0 Å². The Balaban J connectivity index is 2.71. The number of hydrogen-bond donors (Lipinski definition) is 1. The minimum atomic E-state index is -0.382. The van der Waals surface area contributed by atoms with Crippen molar-refractivity contribution >= 4 is 11.7 Å². The van der Waals surface area contributed by atoms with Gasteiger partial charge in [0.25, 0.3) is 0 Å². The third kappa shape index (κ3) is 2.83. The number of carbonyl (C=O) groups excluding carboxylic acids is 1. The second-order valence-corrected chi connectivity index (χ2v) is 4.42. The Hall–Kier alpha value is -1.38. The Morgan fingerprint density at radius 1 is 1.36 bits per heavy atom. The molecule has 0 spiro atoms. The van der Waals surface area contributed by atoms with Crippen LogP contribution >= 0.6 is 0 Å². The molecule has 0 saturated heterocycles. The van der Waals surface area contributed by atoms with Crippen LogP contribution in [0.25, 0.3) is 0 Å². The molecule has 3 heteroatoms. The summed E-state index contributed by atoms with van der Waals surface area (Å²) in [6.45, 7) is 7.58. The molecule has 1 rings (SSSR count). The number of nitrogens with one attached hydrogen (secondary N) is 1. The van der Waals surface area contributed by atoms with Crippen molar-refractivity contribution in [2.75, 3.05) is 5.32 Å². The number of carbonyl (C=O) groups is 1. The molecule has 0 saturated carbocycles. The van der Waals surface area contributed by atoms with Crippen molar-refractivity contribution in [3.63, 3.8) is 0 Å². The quantitative estimate of drug-likeness (QED) is 0.742. The van der Waals surface area contributed by atoms with Gasteiger partial charge in [0.05, 0.1) is 0 Å². The summed E-state index contributed by atoms with van der Waals surface area (Å²) in [5.74, 6) is 0.587. The summed E-state index contributed by atoms with van der Waals surface area (Å²) in [5.41, 5.74) is 0.700. The number of hydrogen-bond acceptors (Lipinski definition) is 2. The highest BCUT2D eigenvalue weighted by atomic mass is 16.2. The lowest BCUT2D eigenvalue weighted by atomic mass is 9.96. The number of pyridine rings is 1. The van der Waals surface area contributed by atoms with E-state index in [0.717, 1.165) is 5.56 Å². The van der Waals surface area contributed by atoms with E-state index in [1.54, 1.807) is 12.3 Å². The fourth-order valence-corrected chi connectivity index (χ4v) is 0.846. The molecule has 0 radical (unpaired) electrons. The van der Waals surface area contributed by atoms with Crippen LogP contribution in [0.2, 0.25) is 0 Å². The van der Waals surface area contributed by atoms with Crippen LogP contribution in [-0.2, 0) is 4.79 Å². The standard InChI is InChI=1S/C11H16N2O/c1-8-5-6-9(12-7-8)13-10(14)11(2,3)4/h5-7H,1-4H3,(H,12,13,14). The minimum absolute atomic E-state index is 0.0196. The average molecular weight is 192 g/mol. The van der Waals surface area contributed by atoms with Crippen molar-refractivity contribution in [3.8, 4) is 0 Å². The zero-order valence-electron chi connectivity index (χ0n) is 9.09. The van der Waals surface area contributed by atoms with E-state index in [2.05, 4.69) is 10.3 Å². The average Bonchev–Trinajstić information content (AvgIpc) is 2.07. The zero-order chi connectivity index (χ0) is 10.8. The Kier molecular flexibility index (Phi) is 2.89. The molecule has 0 fully saturated rings. The van der Waals surface area contributed by atoms with E-state index in [1.807, 2.05) is 33.8 Å². The van der Waals surface area contributed by atoms with Crippen LogP contribution in [0.1, 0.15) is 26.3 Å². The molecule has 0 unspecified atom stereocenters. The Morgan fingerprint density at radius 2 is 2.00 bits per heavy atom. The molecule has 0 atom stereocenters. The van der Waals surface area contributed by atoms with Gasteiger partial charge in [-0.05, 0) is 18.6 Å². The van der Waals surface area contributed by atoms with E-state index in [4.69, 9.17) is 0 Å². The summed E-state index contributed by atoms with van der Waals surface area (Å²) in [7, 11) is 0. The van der Waals surface area contributed by atoms with Gasteiger partial charge in [-0.2, -0.15) is 0 Å². The van der Waals surface area contributed by atoms with E-state index in [-0.39, 0.29) is 11.3 Å².